The third-order valence-corrected chi connectivity index (χ3v) is 4.07. The Morgan fingerprint density at radius 1 is 1.45 bits per heavy atom. The van der Waals surface area contributed by atoms with Crippen LogP contribution in [0.25, 0.3) is 10.9 Å². The molecule has 0 saturated carbocycles. The third kappa shape index (κ3) is 2.43. The summed E-state index contributed by atoms with van der Waals surface area (Å²) < 4.78 is 4.96. The second-order valence-electron chi connectivity index (χ2n) is 5.35. The van der Waals surface area contributed by atoms with Gasteiger partial charge in [0.05, 0.1) is 6.61 Å². The van der Waals surface area contributed by atoms with E-state index in [-0.39, 0.29) is 11.8 Å². The molecule has 1 aromatic carbocycles. The van der Waals surface area contributed by atoms with E-state index in [1.165, 1.54) is 22.2 Å². The lowest BCUT2D eigenvalue weighted by Crippen LogP contribution is -2.35. The summed E-state index contributed by atoms with van der Waals surface area (Å²) in [6.45, 7) is 1.16. The van der Waals surface area contributed by atoms with Crippen molar-refractivity contribution in [3.05, 3.63) is 35.5 Å². The first-order valence-electron chi connectivity index (χ1n) is 7.14. The van der Waals surface area contributed by atoms with Crippen LogP contribution in [-0.4, -0.2) is 31.2 Å². The maximum Gasteiger partial charge on any atom is 0.223 e. The highest BCUT2D eigenvalue weighted by molar-refractivity contribution is 5.86. The van der Waals surface area contributed by atoms with Crippen LogP contribution in [0, 0.1) is 5.92 Å². The summed E-state index contributed by atoms with van der Waals surface area (Å²) in [5, 5.41) is 4.21. The summed E-state index contributed by atoms with van der Waals surface area (Å²) in [7, 11) is 1.64. The topological polar surface area (TPSA) is 54.1 Å². The standard InChI is InChI=1S/C16H20N2O2/c1-20-9-8-17-16(19)11-6-7-15-13(10-11)12-4-2-3-5-14(12)18-15/h2-5,11,18H,6-10H2,1H3,(H,17,19). The predicted octanol–water partition coefficient (Wildman–Crippen LogP) is 2.04. The van der Waals surface area contributed by atoms with Crippen LogP contribution in [-0.2, 0) is 22.4 Å². The molecule has 2 aromatic rings. The van der Waals surface area contributed by atoms with Crippen molar-refractivity contribution < 1.29 is 9.53 Å². The van der Waals surface area contributed by atoms with Crippen molar-refractivity contribution in [3.8, 4) is 0 Å². The zero-order valence-corrected chi connectivity index (χ0v) is 11.7. The maximum absolute atomic E-state index is 12.2. The van der Waals surface area contributed by atoms with Gasteiger partial charge in [0.2, 0.25) is 5.91 Å². The number of aromatic amines is 1. The first kappa shape index (κ1) is 13.2. The predicted molar refractivity (Wildman–Crippen MR) is 78.7 cm³/mol. The van der Waals surface area contributed by atoms with Gasteiger partial charge in [0.15, 0.2) is 0 Å². The number of para-hydroxylation sites is 1. The normalized spacial score (nSPS) is 17.9. The van der Waals surface area contributed by atoms with Gasteiger partial charge in [-0.15, -0.1) is 0 Å². The van der Waals surface area contributed by atoms with Gasteiger partial charge in [-0.3, -0.25) is 4.79 Å². The van der Waals surface area contributed by atoms with Crippen LogP contribution in [0.5, 0.6) is 0 Å². The van der Waals surface area contributed by atoms with Crippen molar-refractivity contribution in [2.75, 3.05) is 20.3 Å². The molecule has 1 atom stereocenters. The number of hydrogen-bond acceptors (Lipinski definition) is 2. The highest BCUT2D eigenvalue weighted by atomic mass is 16.5. The number of carbonyl (C=O) groups is 1. The Balaban J connectivity index is 1.76. The van der Waals surface area contributed by atoms with E-state index in [1.54, 1.807) is 7.11 Å². The molecule has 2 N–H and O–H groups in total. The fourth-order valence-electron chi connectivity index (χ4n) is 3.01. The number of carbonyl (C=O) groups excluding carboxylic acids is 1. The molecule has 1 aliphatic carbocycles. The van der Waals surface area contributed by atoms with E-state index in [2.05, 4.69) is 28.5 Å². The van der Waals surface area contributed by atoms with Gasteiger partial charge < -0.3 is 15.0 Å². The number of aromatic nitrogens is 1. The summed E-state index contributed by atoms with van der Waals surface area (Å²) in [6, 6.07) is 8.33. The minimum absolute atomic E-state index is 0.0820. The van der Waals surface area contributed by atoms with E-state index in [0.717, 1.165) is 19.3 Å². The summed E-state index contributed by atoms with van der Waals surface area (Å²) in [6.07, 6.45) is 2.70. The first-order valence-corrected chi connectivity index (χ1v) is 7.14. The van der Waals surface area contributed by atoms with Crippen LogP contribution in [0.3, 0.4) is 0 Å². The Kier molecular flexibility index (Phi) is 3.74. The number of methoxy groups -OCH3 is 1. The van der Waals surface area contributed by atoms with Crippen LogP contribution < -0.4 is 5.32 Å². The van der Waals surface area contributed by atoms with Crippen molar-refractivity contribution in [2.24, 2.45) is 5.92 Å². The fraction of sp³-hybridized carbons (Fsp3) is 0.438. The Hall–Kier alpha value is -1.81. The first-order chi connectivity index (χ1) is 9.79. The number of ether oxygens (including phenoxy) is 1. The van der Waals surface area contributed by atoms with Crippen LogP contribution in [0.15, 0.2) is 24.3 Å². The monoisotopic (exact) mass is 272 g/mol. The number of aryl methyl sites for hydroxylation is 1. The van der Waals surface area contributed by atoms with Crippen LogP contribution in [0.2, 0.25) is 0 Å². The second-order valence-corrected chi connectivity index (χ2v) is 5.35. The molecule has 1 amide bonds. The van der Waals surface area contributed by atoms with Gasteiger partial charge in [0.1, 0.15) is 0 Å². The van der Waals surface area contributed by atoms with E-state index >= 15 is 0 Å². The molecule has 106 valence electrons. The zero-order valence-electron chi connectivity index (χ0n) is 11.7. The van der Waals surface area contributed by atoms with Gasteiger partial charge in [-0.25, -0.2) is 0 Å². The summed E-state index contributed by atoms with van der Waals surface area (Å²) >= 11 is 0. The molecule has 1 aromatic heterocycles. The van der Waals surface area contributed by atoms with Crippen molar-refractivity contribution in [1.29, 1.82) is 0 Å². The van der Waals surface area contributed by atoms with Gasteiger partial charge in [-0.2, -0.15) is 0 Å². The number of H-pyrrole nitrogens is 1. The fourth-order valence-corrected chi connectivity index (χ4v) is 3.01. The largest absolute Gasteiger partial charge is 0.383 e. The van der Waals surface area contributed by atoms with E-state index < -0.39 is 0 Å². The lowest BCUT2D eigenvalue weighted by Gasteiger charge is -2.21. The average Bonchev–Trinajstić information content (AvgIpc) is 2.85. The molecule has 4 heteroatoms. The molecule has 1 heterocycles. The Morgan fingerprint density at radius 2 is 2.30 bits per heavy atom. The molecule has 0 fully saturated rings. The summed E-state index contributed by atoms with van der Waals surface area (Å²) in [5.41, 5.74) is 3.80. The molecule has 1 unspecified atom stereocenters. The quantitative estimate of drug-likeness (QED) is 0.837. The Bertz CT molecular complexity index is 618. The van der Waals surface area contributed by atoms with E-state index in [1.807, 2.05) is 6.07 Å². The third-order valence-electron chi connectivity index (χ3n) is 4.07. The SMILES string of the molecule is COCCNC(=O)C1CCc2[nH]c3ccccc3c2C1. The van der Waals surface area contributed by atoms with Crippen LogP contribution in [0.4, 0.5) is 0 Å². The number of rotatable bonds is 4. The van der Waals surface area contributed by atoms with Gasteiger partial charge in [0, 0.05) is 36.2 Å². The minimum Gasteiger partial charge on any atom is -0.383 e. The summed E-state index contributed by atoms with van der Waals surface area (Å²) in [5.74, 6) is 0.233. The molecule has 3 rings (SSSR count). The zero-order chi connectivity index (χ0) is 13.9. The number of hydrogen-bond donors (Lipinski definition) is 2. The van der Waals surface area contributed by atoms with Crippen LogP contribution in [0.1, 0.15) is 17.7 Å². The molecule has 0 spiro atoms. The lowest BCUT2D eigenvalue weighted by molar-refractivity contribution is -0.125. The second kappa shape index (κ2) is 5.67. The van der Waals surface area contributed by atoms with Gasteiger partial charge in [-0.1, -0.05) is 18.2 Å². The molecule has 0 saturated heterocycles. The Labute approximate surface area is 118 Å². The van der Waals surface area contributed by atoms with Crippen molar-refractivity contribution in [3.63, 3.8) is 0 Å². The molecular formula is C16H20N2O2. The number of nitrogens with one attached hydrogen (secondary N) is 2. The van der Waals surface area contributed by atoms with E-state index in [4.69, 9.17) is 4.74 Å². The highest BCUT2D eigenvalue weighted by Gasteiger charge is 2.26. The Morgan fingerprint density at radius 3 is 3.15 bits per heavy atom. The lowest BCUT2D eigenvalue weighted by atomic mass is 9.86. The number of amides is 1. The van der Waals surface area contributed by atoms with Crippen molar-refractivity contribution >= 4 is 16.8 Å². The van der Waals surface area contributed by atoms with Crippen molar-refractivity contribution in [2.45, 2.75) is 19.3 Å². The molecule has 0 radical (unpaired) electrons. The minimum atomic E-state index is 0.0820. The summed E-state index contributed by atoms with van der Waals surface area (Å²) in [4.78, 5) is 15.6. The van der Waals surface area contributed by atoms with Gasteiger partial charge in [0.25, 0.3) is 0 Å². The number of benzene rings is 1. The van der Waals surface area contributed by atoms with E-state index in [9.17, 15) is 4.79 Å². The average molecular weight is 272 g/mol. The maximum atomic E-state index is 12.2. The smallest absolute Gasteiger partial charge is 0.223 e. The molecule has 0 bridgehead atoms. The molecule has 1 aliphatic rings. The number of fused-ring (bicyclic) bond motifs is 3. The van der Waals surface area contributed by atoms with Crippen LogP contribution >= 0.6 is 0 Å². The van der Waals surface area contributed by atoms with E-state index in [0.29, 0.717) is 13.2 Å². The highest BCUT2D eigenvalue weighted by Crippen LogP contribution is 2.31. The molecule has 20 heavy (non-hydrogen) atoms. The molecule has 0 aliphatic heterocycles. The van der Waals surface area contributed by atoms with Crippen molar-refractivity contribution in [1.82, 2.24) is 10.3 Å². The molecule has 4 nitrogen and oxygen atoms in total. The van der Waals surface area contributed by atoms with Gasteiger partial charge in [-0.05, 0) is 30.9 Å². The van der Waals surface area contributed by atoms with Gasteiger partial charge >= 0.3 is 0 Å². The molecular weight excluding hydrogens is 252 g/mol.